The van der Waals surface area contributed by atoms with Crippen LogP contribution < -0.4 is 10.6 Å². The molecule has 7 heteroatoms. The minimum atomic E-state index is -4.48. The lowest BCUT2D eigenvalue weighted by Crippen LogP contribution is -2.39. The third-order valence-corrected chi connectivity index (χ3v) is 3.61. The molecule has 0 aliphatic heterocycles. The third-order valence-electron chi connectivity index (χ3n) is 3.12. The van der Waals surface area contributed by atoms with Crippen LogP contribution in [-0.2, 0) is 11.0 Å². The summed E-state index contributed by atoms with van der Waals surface area (Å²) in [6.45, 7) is 5.55. The second-order valence-electron chi connectivity index (χ2n) is 5.14. The quantitative estimate of drug-likeness (QED) is 0.825. The monoisotopic (exact) mass is 366 g/mol. The molecule has 1 atom stereocenters. The van der Waals surface area contributed by atoms with Crippen LogP contribution in [0.5, 0.6) is 0 Å². The molecule has 0 heterocycles. The zero-order chi connectivity index (χ0) is 16.2. The average Bonchev–Trinajstić information content (AvgIpc) is 2.35. The second-order valence-corrected chi connectivity index (χ2v) is 6.06. The largest absolute Gasteiger partial charge is 0.418 e. The van der Waals surface area contributed by atoms with Gasteiger partial charge in [0.15, 0.2) is 0 Å². The highest BCUT2D eigenvalue weighted by atomic mass is 79.9. The maximum absolute atomic E-state index is 12.9. The predicted molar refractivity (Wildman–Crippen MR) is 80.1 cm³/mol. The fraction of sp³-hybridized carbons (Fsp3) is 0.500. The summed E-state index contributed by atoms with van der Waals surface area (Å²) in [5, 5.41) is 5.27. The fourth-order valence-corrected chi connectivity index (χ4v) is 1.91. The predicted octanol–water partition coefficient (Wildman–Crippen LogP) is 4.04. The number of carbonyl (C=O) groups excluding carboxylic acids is 1. The molecule has 0 bridgehead atoms. The Labute approximate surface area is 130 Å². The molecule has 3 nitrogen and oxygen atoms in total. The SMILES string of the molecule is CC(C)C(C)NC(=O)CNc1ccc(Br)cc1C(F)(F)F. The molecule has 1 aromatic rings. The zero-order valence-corrected chi connectivity index (χ0v) is 13.6. The Bertz CT molecular complexity index is 503. The molecule has 0 saturated carbocycles. The van der Waals surface area contributed by atoms with E-state index in [1.165, 1.54) is 12.1 Å². The van der Waals surface area contributed by atoms with Crippen molar-refractivity contribution in [2.75, 3.05) is 11.9 Å². The highest BCUT2D eigenvalue weighted by molar-refractivity contribution is 9.10. The highest BCUT2D eigenvalue weighted by Crippen LogP contribution is 2.36. The van der Waals surface area contributed by atoms with Crippen molar-refractivity contribution in [1.82, 2.24) is 5.32 Å². The Morgan fingerprint density at radius 3 is 2.43 bits per heavy atom. The molecular formula is C14H18BrF3N2O. The van der Waals surface area contributed by atoms with Gasteiger partial charge < -0.3 is 10.6 Å². The highest BCUT2D eigenvalue weighted by Gasteiger charge is 2.33. The van der Waals surface area contributed by atoms with Crippen molar-refractivity contribution in [1.29, 1.82) is 0 Å². The lowest BCUT2D eigenvalue weighted by atomic mass is 10.1. The lowest BCUT2D eigenvalue weighted by Gasteiger charge is -2.19. The van der Waals surface area contributed by atoms with Crippen molar-refractivity contribution in [2.45, 2.75) is 33.0 Å². The van der Waals surface area contributed by atoms with Gasteiger partial charge in [-0.25, -0.2) is 0 Å². The molecule has 0 saturated heterocycles. The fourth-order valence-electron chi connectivity index (χ4n) is 1.55. The summed E-state index contributed by atoms with van der Waals surface area (Å²) in [4.78, 5) is 11.7. The number of benzene rings is 1. The van der Waals surface area contributed by atoms with E-state index >= 15 is 0 Å². The van der Waals surface area contributed by atoms with Gasteiger partial charge in [-0.15, -0.1) is 0 Å². The van der Waals surface area contributed by atoms with Crippen LogP contribution in [-0.4, -0.2) is 18.5 Å². The van der Waals surface area contributed by atoms with E-state index in [2.05, 4.69) is 26.6 Å². The van der Waals surface area contributed by atoms with Gasteiger partial charge in [-0.3, -0.25) is 4.79 Å². The zero-order valence-electron chi connectivity index (χ0n) is 12.0. The van der Waals surface area contributed by atoms with Crippen molar-refractivity contribution in [3.05, 3.63) is 28.2 Å². The number of rotatable bonds is 5. The molecule has 1 amide bonds. The summed E-state index contributed by atoms with van der Waals surface area (Å²) in [6, 6.07) is 3.74. The summed E-state index contributed by atoms with van der Waals surface area (Å²) in [5.41, 5.74) is -0.917. The van der Waals surface area contributed by atoms with Crippen LogP contribution in [0.2, 0.25) is 0 Å². The summed E-state index contributed by atoms with van der Waals surface area (Å²) in [6.07, 6.45) is -4.48. The Morgan fingerprint density at radius 2 is 1.90 bits per heavy atom. The van der Waals surface area contributed by atoms with Gasteiger partial charge in [-0.05, 0) is 31.0 Å². The van der Waals surface area contributed by atoms with Crippen LogP contribution in [0.1, 0.15) is 26.3 Å². The van der Waals surface area contributed by atoms with Gasteiger partial charge in [-0.2, -0.15) is 13.2 Å². The minimum absolute atomic E-state index is 0.0358. The van der Waals surface area contributed by atoms with E-state index in [1.807, 2.05) is 20.8 Å². The standard InChI is InChI=1S/C14H18BrF3N2O/c1-8(2)9(3)20-13(21)7-19-12-5-4-10(15)6-11(12)14(16,17)18/h4-6,8-9,19H,7H2,1-3H3,(H,20,21). The number of halogens is 4. The number of nitrogens with one attached hydrogen (secondary N) is 2. The van der Waals surface area contributed by atoms with Crippen LogP contribution in [0.15, 0.2) is 22.7 Å². The van der Waals surface area contributed by atoms with Gasteiger partial charge in [-0.1, -0.05) is 29.8 Å². The van der Waals surface area contributed by atoms with Gasteiger partial charge >= 0.3 is 6.18 Å². The van der Waals surface area contributed by atoms with E-state index < -0.39 is 11.7 Å². The Balaban J connectivity index is 2.74. The number of carbonyl (C=O) groups is 1. The first kappa shape index (κ1) is 17.8. The van der Waals surface area contributed by atoms with Crippen molar-refractivity contribution >= 4 is 27.5 Å². The van der Waals surface area contributed by atoms with Crippen molar-refractivity contribution < 1.29 is 18.0 Å². The number of amides is 1. The van der Waals surface area contributed by atoms with Crippen molar-refractivity contribution in [3.8, 4) is 0 Å². The molecule has 21 heavy (non-hydrogen) atoms. The van der Waals surface area contributed by atoms with E-state index in [4.69, 9.17) is 0 Å². The molecule has 0 aliphatic rings. The van der Waals surface area contributed by atoms with Crippen molar-refractivity contribution in [3.63, 3.8) is 0 Å². The molecule has 0 radical (unpaired) electrons. The van der Waals surface area contributed by atoms with Gasteiger partial charge in [0.05, 0.1) is 12.1 Å². The molecule has 0 aliphatic carbocycles. The summed E-state index contributed by atoms with van der Waals surface area (Å²) in [7, 11) is 0. The molecule has 118 valence electrons. The second kappa shape index (κ2) is 7.15. The molecule has 2 N–H and O–H groups in total. The van der Waals surface area contributed by atoms with Gasteiger partial charge in [0.2, 0.25) is 5.91 Å². The van der Waals surface area contributed by atoms with Crippen LogP contribution in [0.3, 0.4) is 0 Å². The molecule has 0 spiro atoms. The van der Waals surface area contributed by atoms with E-state index in [0.717, 1.165) is 6.07 Å². The number of alkyl halides is 3. The van der Waals surface area contributed by atoms with E-state index in [0.29, 0.717) is 4.47 Å². The molecular weight excluding hydrogens is 349 g/mol. The van der Waals surface area contributed by atoms with Gasteiger partial charge in [0.25, 0.3) is 0 Å². The first-order valence-corrected chi connectivity index (χ1v) is 7.30. The first-order chi connectivity index (χ1) is 9.61. The minimum Gasteiger partial charge on any atom is -0.376 e. The van der Waals surface area contributed by atoms with E-state index in [1.54, 1.807) is 0 Å². The number of anilines is 1. The van der Waals surface area contributed by atoms with Gasteiger partial charge in [0, 0.05) is 16.2 Å². The smallest absolute Gasteiger partial charge is 0.376 e. The Kier molecular flexibility index (Phi) is 6.07. The topological polar surface area (TPSA) is 41.1 Å². The lowest BCUT2D eigenvalue weighted by molar-refractivity contribution is -0.137. The van der Waals surface area contributed by atoms with Crippen LogP contribution in [0.25, 0.3) is 0 Å². The molecule has 1 aromatic carbocycles. The first-order valence-electron chi connectivity index (χ1n) is 6.51. The Hall–Kier alpha value is -1.24. The van der Waals surface area contributed by atoms with Crippen molar-refractivity contribution in [2.24, 2.45) is 5.92 Å². The average molecular weight is 367 g/mol. The van der Waals surface area contributed by atoms with Crippen LogP contribution >= 0.6 is 15.9 Å². The normalized spacial score (nSPS) is 13.1. The summed E-state index contributed by atoms with van der Waals surface area (Å²) < 4.78 is 39.1. The maximum Gasteiger partial charge on any atom is 0.418 e. The molecule has 1 rings (SSSR count). The van der Waals surface area contributed by atoms with E-state index in [-0.39, 0.29) is 30.1 Å². The number of hydrogen-bond donors (Lipinski definition) is 2. The van der Waals surface area contributed by atoms with Crippen LogP contribution in [0, 0.1) is 5.92 Å². The Morgan fingerprint density at radius 1 is 1.29 bits per heavy atom. The summed E-state index contributed by atoms with van der Waals surface area (Å²) >= 11 is 3.01. The molecule has 0 aromatic heterocycles. The maximum atomic E-state index is 12.9. The van der Waals surface area contributed by atoms with E-state index in [9.17, 15) is 18.0 Å². The third kappa shape index (κ3) is 5.57. The summed E-state index contributed by atoms with van der Waals surface area (Å²) in [5.74, 6) is -0.0837. The number of hydrogen-bond acceptors (Lipinski definition) is 2. The molecule has 0 fully saturated rings. The van der Waals surface area contributed by atoms with Crippen LogP contribution in [0.4, 0.5) is 18.9 Å². The molecule has 1 unspecified atom stereocenters. The van der Waals surface area contributed by atoms with Gasteiger partial charge in [0.1, 0.15) is 0 Å².